The number of aliphatic hydroxyl groups excluding tert-OH is 1. The van der Waals surface area contributed by atoms with Crippen molar-refractivity contribution < 1.29 is 5.11 Å². The number of rotatable bonds is 2. The molecule has 0 bridgehead atoms. The molecule has 1 heterocycles. The molecular formula is C9H19NO. The molecule has 0 radical (unpaired) electrons. The van der Waals surface area contributed by atoms with Crippen LogP contribution in [-0.2, 0) is 0 Å². The summed E-state index contributed by atoms with van der Waals surface area (Å²) in [6.07, 6.45) is 5.36. The average molecular weight is 157 g/mol. The summed E-state index contributed by atoms with van der Waals surface area (Å²) in [7, 11) is 0. The van der Waals surface area contributed by atoms with Crippen LogP contribution in [0.5, 0.6) is 0 Å². The maximum absolute atomic E-state index is 8.94. The Labute approximate surface area is 69.2 Å². The molecule has 2 heteroatoms. The first kappa shape index (κ1) is 9.01. The van der Waals surface area contributed by atoms with Gasteiger partial charge in [0.1, 0.15) is 0 Å². The summed E-state index contributed by atoms with van der Waals surface area (Å²) in [5.41, 5.74) is 0. The van der Waals surface area contributed by atoms with E-state index < -0.39 is 0 Å². The highest BCUT2D eigenvalue weighted by Gasteiger charge is 2.13. The summed E-state index contributed by atoms with van der Waals surface area (Å²) in [5.74, 6) is 0. The highest BCUT2D eigenvalue weighted by molar-refractivity contribution is 4.68. The summed E-state index contributed by atoms with van der Waals surface area (Å²) >= 11 is 0. The van der Waals surface area contributed by atoms with E-state index in [0.29, 0.717) is 12.6 Å². The fourth-order valence-corrected chi connectivity index (χ4v) is 1.65. The minimum absolute atomic E-state index is 0.306. The maximum atomic E-state index is 8.94. The van der Waals surface area contributed by atoms with Crippen molar-refractivity contribution in [2.24, 2.45) is 0 Å². The fraction of sp³-hybridized carbons (Fsp3) is 1.00. The molecule has 0 amide bonds. The van der Waals surface area contributed by atoms with E-state index in [-0.39, 0.29) is 0 Å². The number of likely N-dealkylation sites (tertiary alicyclic amines) is 1. The average Bonchev–Trinajstić information content (AvgIpc) is 2.30. The monoisotopic (exact) mass is 157 g/mol. The first-order valence-corrected chi connectivity index (χ1v) is 4.69. The molecule has 11 heavy (non-hydrogen) atoms. The van der Waals surface area contributed by atoms with Crippen LogP contribution in [0, 0.1) is 0 Å². The Morgan fingerprint density at radius 1 is 1.18 bits per heavy atom. The van der Waals surface area contributed by atoms with Gasteiger partial charge in [-0.2, -0.15) is 0 Å². The molecule has 0 aromatic heterocycles. The van der Waals surface area contributed by atoms with Crippen molar-refractivity contribution in [3.05, 3.63) is 0 Å². The van der Waals surface area contributed by atoms with Crippen molar-refractivity contribution in [1.82, 2.24) is 4.90 Å². The van der Waals surface area contributed by atoms with E-state index in [1.54, 1.807) is 0 Å². The Morgan fingerprint density at radius 2 is 1.73 bits per heavy atom. The maximum Gasteiger partial charge on any atom is 0.0584 e. The zero-order valence-corrected chi connectivity index (χ0v) is 7.42. The lowest BCUT2D eigenvalue weighted by Crippen LogP contribution is -2.36. The predicted octanol–water partition coefficient (Wildman–Crippen LogP) is 1.24. The Kier molecular flexibility index (Phi) is 3.87. The summed E-state index contributed by atoms with van der Waals surface area (Å²) in [6.45, 7) is 4.77. The second kappa shape index (κ2) is 4.73. The third kappa shape index (κ3) is 2.80. The van der Waals surface area contributed by atoms with Crippen molar-refractivity contribution in [3.63, 3.8) is 0 Å². The van der Waals surface area contributed by atoms with Crippen LogP contribution in [0.1, 0.15) is 32.6 Å². The van der Waals surface area contributed by atoms with E-state index in [0.717, 1.165) is 0 Å². The molecular weight excluding hydrogens is 138 g/mol. The molecule has 1 aliphatic rings. The van der Waals surface area contributed by atoms with Crippen LogP contribution < -0.4 is 0 Å². The van der Waals surface area contributed by atoms with E-state index in [9.17, 15) is 0 Å². The number of hydrogen-bond acceptors (Lipinski definition) is 2. The zero-order valence-electron chi connectivity index (χ0n) is 7.42. The van der Waals surface area contributed by atoms with E-state index in [1.807, 2.05) is 0 Å². The van der Waals surface area contributed by atoms with Gasteiger partial charge in [-0.15, -0.1) is 0 Å². The standard InChI is InChI=1S/C9H19NO/c1-9(8-11)10-6-4-2-3-5-7-10/h9,11H,2-8H2,1H3. The van der Waals surface area contributed by atoms with Crippen LogP contribution in [0.15, 0.2) is 0 Å². The topological polar surface area (TPSA) is 23.5 Å². The SMILES string of the molecule is CC(CO)N1CCCCCC1. The Balaban J connectivity index is 2.30. The third-order valence-corrected chi connectivity index (χ3v) is 2.53. The van der Waals surface area contributed by atoms with Gasteiger partial charge in [-0.3, -0.25) is 4.90 Å². The molecule has 1 aliphatic heterocycles. The second-order valence-electron chi connectivity index (χ2n) is 3.48. The van der Waals surface area contributed by atoms with Crippen LogP contribution >= 0.6 is 0 Å². The quantitative estimate of drug-likeness (QED) is 0.652. The van der Waals surface area contributed by atoms with E-state index in [2.05, 4.69) is 11.8 Å². The Hall–Kier alpha value is -0.0800. The molecule has 0 aliphatic carbocycles. The Bertz CT molecular complexity index is 97.7. The molecule has 2 nitrogen and oxygen atoms in total. The van der Waals surface area contributed by atoms with Crippen LogP contribution in [-0.4, -0.2) is 35.7 Å². The minimum atomic E-state index is 0.306. The van der Waals surface area contributed by atoms with Crippen LogP contribution in [0.4, 0.5) is 0 Å². The van der Waals surface area contributed by atoms with Gasteiger partial charge in [-0.1, -0.05) is 12.8 Å². The number of aliphatic hydroxyl groups is 1. The lowest BCUT2D eigenvalue weighted by atomic mass is 10.2. The summed E-state index contributed by atoms with van der Waals surface area (Å²) in [6, 6.07) is 0.369. The molecule has 1 fully saturated rings. The highest BCUT2D eigenvalue weighted by Crippen LogP contribution is 2.11. The summed E-state index contributed by atoms with van der Waals surface area (Å²) < 4.78 is 0. The largest absolute Gasteiger partial charge is 0.395 e. The normalized spacial score (nSPS) is 24.5. The molecule has 1 unspecified atom stereocenters. The van der Waals surface area contributed by atoms with Crippen molar-refractivity contribution in [3.8, 4) is 0 Å². The number of hydrogen-bond donors (Lipinski definition) is 1. The molecule has 0 saturated carbocycles. The van der Waals surface area contributed by atoms with Crippen molar-refractivity contribution in [2.45, 2.75) is 38.6 Å². The Morgan fingerprint density at radius 3 is 2.18 bits per heavy atom. The van der Waals surface area contributed by atoms with Crippen LogP contribution in [0.25, 0.3) is 0 Å². The first-order valence-electron chi connectivity index (χ1n) is 4.69. The van der Waals surface area contributed by atoms with Gasteiger partial charge < -0.3 is 5.11 Å². The van der Waals surface area contributed by atoms with Crippen LogP contribution in [0.2, 0.25) is 0 Å². The lowest BCUT2D eigenvalue weighted by Gasteiger charge is -2.25. The number of nitrogens with zero attached hydrogens (tertiary/aromatic N) is 1. The van der Waals surface area contributed by atoms with Crippen LogP contribution in [0.3, 0.4) is 0 Å². The van der Waals surface area contributed by atoms with Gasteiger partial charge >= 0.3 is 0 Å². The summed E-state index contributed by atoms with van der Waals surface area (Å²) in [4.78, 5) is 2.40. The van der Waals surface area contributed by atoms with Gasteiger partial charge in [0, 0.05) is 6.04 Å². The van der Waals surface area contributed by atoms with Crippen molar-refractivity contribution >= 4 is 0 Å². The molecule has 1 atom stereocenters. The molecule has 66 valence electrons. The van der Waals surface area contributed by atoms with Gasteiger partial charge in [0.15, 0.2) is 0 Å². The van der Waals surface area contributed by atoms with Crippen molar-refractivity contribution in [1.29, 1.82) is 0 Å². The predicted molar refractivity (Wildman–Crippen MR) is 46.6 cm³/mol. The third-order valence-electron chi connectivity index (χ3n) is 2.53. The van der Waals surface area contributed by atoms with E-state index >= 15 is 0 Å². The molecule has 0 spiro atoms. The van der Waals surface area contributed by atoms with Crippen molar-refractivity contribution in [2.75, 3.05) is 19.7 Å². The highest BCUT2D eigenvalue weighted by atomic mass is 16.3. The molecule has 1 saturated heterocycles. The van der Waals surface area contributed by atoms with Gasteiger partial charge in [-0.05, 0) is 32.9 Å². The summed E-state index contributed by atoms with van der Waals surface area (Å²) in [5, 5.41) is 8.94. The van der Waals surface area contributed by atoms with Gasteiger partial charge in [0.05, 0.1) is 6.61 Å². The van der Waals surface area contributed by atoms with Gasteiger partial charge in [0.25, 0.3) is 0 Å². The van der Waals surface area contributed by atoms with Gasteiger partial charge in [-0.25, -0.2) is 0 Å². The minimum Gasteiger partial charge on any atom is -0.395 e. The molecule has 0 aromatic carbocycles. The van der Waals surface area contributed by atoms with E-state index in [1.165, 1.54) is 38.8 Å². The molecule has 1 N–H and O–H groups in total. The molecule has 1 rings (SSSR count). The zero-order chi connectivity index (χ0) is 8.10. The molecule has 0 aromatic rings. The van der Waals surface area contributed by atoms with Gasteiger partial charge in [0.2, 0.25) is 0 Å². The second-order valence-corrected chi connectivity index (χ2v) is 3.48. The fourth-order valence-electron chi connectivity index (χ4n) is 1.65. The van der Waals surface area contributed by atoms with E-state index in [4.69, 9.17) is 5.11 Å². The lowest BCUT2D eigenvalue weighted by molar-refractivity contribution is 0.138. The first-order chi connectivity index (χ1) is 5.34. The smallest absolute Gasteiger partial charge is 0.0584 e.